The number of likely N-dealkylation sites (tertiary alicyclic amines) is 1. The standard InChI is InChI=1S/C16H27NO4/c18-14-7-2-1-5-12(14)11-15(19)17-10-4-3-6-13(17)8-9-16(20)21/h12-14,18H,1-11H2,(H,20,21)/t12-,13?,14+/m0/s1. The summed E-state index contributed by atoms with van der Waals surface area (Å²) in [6.45, 7) is 0.742. The van der Waals surface area contributed by atoms with Gasteiger partial charge in [0, 0.05) is 25.4 Å². The molecular formula is C16H27NO4. The highest BCUT2D eigenvalue weighted by Gasteiger charge is 2.31. The molecule has 2 rings (SSSR count). The largest absolute Gasteiger partial charge is 0.481 e. The van der Waals surface area contributed by atoms with Crippen LogP contribution in [0.25, 0.3) is 0 Å². The van der Waals surface area contributed by atoms with Crippen molar-refractivity contribution in [2.45, 2.75) is 76.4 Å². The van der Waals surface area contributed by atoms with Gasteiger partial charge in [-0.2, -0.15) is 0 Å². The molecule has 0 aromatic heterocycles. The smallest absolute Gasteiger partial charge is 0.303 e. The number of rotatable bonds is 5. The third-order valence-electron chi connectivity index (χ3n) is 4.94. The molecule has 5 heteroatoms. The topological polar surface area (TPSA) is 77.8 Å². The number of amides is 1. The molecule has 21 heavy (non-hydrogen) atoms. The lowest BCUT2D eigenvalue weighted by Crippen LogP contribution is -2.45. The summed E-state index contributed by atoms with van der Waals surface area (Å²) in [6, 6.07) is 0.0723. The van der Waals surface area contributed by atoms with Gasteiger partial charge in [0.15, 0.2) is 0 Å². The van der Waals surface area contributed by atoms with E-state index in [0.717, 1.165) is 51.5 Å². The molecule has 1 heterocycles. The van der Waals surface area contributed by atoms with Crippen molar-refractivity contribution in [3.05, 3.63) is 0 Å². The minimum absolute atomic E-state index is 0.0723. The van der Waals surface area contributed by atoms with Crippen molar-refractivity contribution in [3.8, 4) is 0 Å². The van der Waals surface area contributed by atoms with Crippen molar-refractivity contribution in [2.24, 2.45) is 5.92 Å². The molecular weight excluding hydrogens is 270 g/mol. The Balaban J connectivity index is 1.89. The molecule has 1 saturated carbocycles. The number of carbonyl (C=O) groups excluding carboxylic acids is 1. The summed E-state index contributed by atoms with van der Waals surface area (Å²) >= 11 is 0. The van der Waals surface area contributed by atoms with Gasteiger partial charge in [-0.1, -0.05) is 12.8 Å². The van der Waals surface area contributed by atoms with Crippen molar-refractivity contribution in [1.29, 1.82) is 0 Å². The fourth-order valence-corrected chi connectivity index (χ4v) is 3.69. The van der Waals surface area contributed by atoms with Crippen LogP contribution < -0.4 is 0 Å². The van der Waals surface area contributed by atoms with Gasteiger partial charge in [0.2, 0.25) is 5.91 Å². The predicted octanol–water partition coefficient (Wildman–Crippen LogP) is 2.17. The number of hydrogen-bond donors (Lipinski definition) is 2. The third kappa shape index (κ3) is 4.70. The highest BCUT2D eigenvalue weighted by Crippen LogP contribution is 2.29. The highest BCUT2D eigenvalue weighted by atomic mass is 16.4. The minimum atomic E-state index is -0.796. The van der Waals surface area contributed by atoms with Crippen LogP contribution in [0.15, 0.2) is 0 Å². The Morgan fingerprint density at radius 3 is 2.48 bits per heavy atom. The first kappa shape index (κ1) is 16.3. The zero-order valence-electron chi connectivity index (χ0n) is 12.7. The summed E-state index contributed by atoms with van der Waals surface area (Å²) in [5.74, 6) is -0.597. The number of carboxylic acid groups (broad SMARTS) is 1. The fourth-order valence-electron chi connectivity index (χ4n) is 3.69. The van der Waals surface area contributed by atoms with Crippen LogP contribution >= 0.6 is 0 Å². The lowest BCUT2D eigenvalue weighted by molar-refractivity contribution is -0.141. The van der Waals surface area contributed by atoms with Crippen LogP contribution in [0, 0.1) is 5.92 Å². The lowest BCUT2D eigenvalue weighted by Gasteiger charge is -2.37. The van der Waals surface area contributed by atoms with Crippen molar-refractivity contribution in [1.82, 2.24) is 4.90 Å². The van der Waals surface area contributed by atoms with E-state index in [2.05, 4.69) is 0 Å². The minimum Gasteiger partial charge on any atom is -0.481 e. The van der Waals surface area contributed by atoms with Crippen LogP contribution in [0.1, 0.15) is 64.2 Å². The van der Waals surface area contributed by atoms with Crippen LogP contribution in [0.4, 0.5) is 0 Å². The summed E-state index contributed by atoms with van der Waals surface area (Å²) in [6.07, 6.45) is 7.62. The number of carbonyl (C=O) groups is 2. The van der Waals surface area contributed by atoms with Crippen molar-refractivity contribution in [2.75, 3.05) is 6.54 Å². The Hall–Kier alpha value is -1.10. The normalized spacial score (nSPS) is 30.1. The van der Waals surface area contributed by atoms with Crippen LogP contribution in [0.3, 0.4) is 0 Å². The monoisotopic (exact) mass is 297 g/mol. The maximum absolute atomic E-state index is 12.5. The molecule has 3 atom stereocenters. The Morgan fingerprint density at radius 2 is 1.76 bits per heavy atom. The average Bonchev–Trinajstić information content (AvgIpc) is 2.47. The Kier molecular flexibility index (Phi) is 6.03. The number of piperidine rings is 1. The number of aliphatic carboxylic acids is 1. The van der Waals surface area contributed by atoms with Gasteiger partial charge in [-0.3, -0.25) is 9.59 Å². The molecule has 1 amide bonds. The molecule has 5 nitrogen and oxygen atoms in total. The molecule has 1 unspecified atom stereocenters. The summed E-state index contributed by atoms with van der Waals surface area (Å²) in [4.78, 5) is 25.2. The molecule has 2 N–H and O–H groups in total. The second-order valence-corrected chi connectivity index (χ2v) is 6.49. The third-order valence-corrected chi connectivity index (χ3v) is 4.94. The average molecular weight is 297 g/mol. The first-order chi connectivity index (χ1) is 10.1. The zero-order chi connectivity index (χ0) is 15.2. The number of nitrogens with zero attached hydrogens (tertiary/aromatic N) is 1. The Morgan fingerprint density at radius 1 is 1.05 bits per heavy atom. The molecule has 1 aliphatic carbocycles. The molecule has 2 aliphatic rings. The Bertz CT molecular complexity index is 371. The van der Waals surface area contributed by atoms with Gasteiger partial charge in [0.1, 0.15) is 0 Å². The van der Waals surface area contributed by atoms with Crippen LogP contribution in [-0.4, -0.2) is 45.7 Å². The van der Waals surface area contributed by atoms with Crippen LogP contribution in [0.2, 0.25) is 0 Å². The maximum Gasteiger partial charge on any atom is 0.303 e. The molecule has 2 fully saturated rings. The van der Waals surface area contributed by atoms with E-state index in [0.29, 0.717) is 12.8 Å². The second kappa shape index (κ2) is 7.78. The predicted molar refractivity (Wildman–Crippen MR) is 78.8 cm³/mol. The maximum atomic E-state index is 12.5. The van der Waals surface area contributed by atoms with Crippen molar-refractivity contribution < 1.29 is 19.8 Å². The first-order valence-corrected chi connectivity index (χ1v) is 8.27. The van der Waals surface area contributed by atoms with E-state index >= 15 is 0 Å². The van der Waals surface area contributed by atoms with E-state index < -0.39 is 5.97 Å². The first-order valence-electron chi connectivity index (χ1n) is 8.27. The van der Waals surface area contributed by atoms with Gasteiger partial charge in [-0.15, -0.1) is 0 Å². The summed E-state index contributed by atoms with van der Waals surface area (Å²) in [5, 5.41) is 18.8. The van der Waals surface area contributed by atoms with Crippen LogP contribution in [0.5, 0.6) is 0 Å². The van der Waals surface area contributed by atoms with Gasteiger partial charge in [-0.05, 0) is 44.4 Å². The van der Waals surface area contributed by atoms with E-state index in [-0.39, 0.29) is 30.4 Å². The quantitative estimate of drug-likeness (QED) is 0.815. The summed E-state index contributed by atoms with van der Waals surface area (Å²) in [7, 11) is 0. The molecule has 0 bridgehead atoms. The van der Waals surface area contributed by atoms with Gasteiger partial charge in [0.05, 0.1) is 6.10 Å². The zero-order valence-corrected chi connectivity index (χ0v) is 12.7. The van der Waals surface area contributed by atoms with Gasteiger partial charge >= 0.3 is 5.97 Å². The van der Waals surface area contributed by atoms with E-state index in [1.54, 1.807) is 0 Å². The SMILES string of the molecule is O=C(O)CCC1CCCCN1C(=O)C[C@@H]1CCCC[C@H]1O. The summed E-state index contributed by atoms with van der Waals surface area (Å²) in [5.41, 5.74) is 0. The fraction of sp³-hybridized carbons (Fsp3) is 0.875. The molecule has 0 aromatic rings. The lowest BCUT2D eigenvalue weighted by atomic mass is 9.83. The van der Waals surface area contributed by atoms with E-state index in [1.165, 1.54) is 0 Å². The van der Waals surface area contributed by atoms with Crippen molar-refractivity contribution >= 4 is 11.9 Å². The molecule has 120 valence electrons. The molecule has 0 radical (unpaired) electrons. The molecule has 1 saturated heterocycles. The number of hydrogen-bond acceptors (Lipinski definition) is 3. The molecule has 0 aromatic carbocycles. The molecule has 1 aliphatic heterocycles. The Labute approximate surface area is 126 Å². The summed E-state index contributed by atoms with van der Waals surface area (Å²) < 4.78 is 0. The second-order valence-electron chi connectivity index (χ2n) is 6.49. The number of aliphatic hydroxyl groups is 1. The van der Waals surface area contributed by atoms with Gasteiger partial charge in [-0.25, -0.2) is 0 Å². The van der Waals surface area contributed by atoms with Gasteiger partial charge < -0.3 is 15.1 Å². The van der Waals surface area contributed by atoms with E-state index in [1.807, 2.05) is 4.90 Å². The number of aliphatic hydroxyl groups excluding tert-OH is 1. The number of carboxylic acids is 1. The van der Waals surface area contributed by atoms with Crippen molar-refractivity contribution in [3.63, 3.8) is 0 Å². The molecule has 0 spiro atoms. The van der Waals surface area contributed by atoms with Crippen LogP contribution in [-0.2, 0) is 9.59 Å². The van der Waals surface area contributed by atoms with E-state index in [9.17, 15) is 14.7 Å². The van der Waals surface area contributed by atoms with E-state index in [4.69, 9.17) is 5.11 Å². The highest BCUT2D eigenvalue weighted by molar-refractivity contribution is 5.77. The van der Waals surface area contributed by atoms with Gasteiger partial charge in [0.25, 0.3) is 0 Å².